The predicted molar refractivity (Wildman–Crippen MR) is 65.8 cm³/mol. The second-order valence-electron chi connectivity index (χ2n) is 4.12. The number of esters is 1. The molecule has 1 aromatic carbocycles. The van der Waals surface area contributed by atoms with Crippen LogP contribution in [0.3, 0.4) is 0 Å². The molecule has 1 rings (SSSR count). The van der Waals surface area contributed by atoms with Crippen LogP contribution in [-0.2, 0) is 16.1 Å². The number of hydrogen-bond acceptors (Lipinski definition) is 4. The van der Waals surface area contributed by atoms with Gasteiger partial charge < -0.3 is 15.2 Å². The summed E-state index contributed by atoms with van der Waals surface area (Å²) in [4.78, 5) is 11.2. The first-order valence-electron chi connectivity index (χ1n) is 5.32. The third-order valence-electron chi connectivity index (χ3n) is 2.41. The molecular weight excluding hydrogens is 261 g/mol. The van der Waals surface area contributed by atoms with Gasteiger partial charge >= 0.3 is 5.97 Å². The van der Waals surface area contributed by atoms with E-state index in [9.17, 15) is 14.3 Å². The van der Waals surface area contributed by atoms with Gasteiger partial charge in [0.1, 0.15) is 5.82 Å². The number of halogens is 2. The summed E-state index contributed by atoms with van der Waals surface area (Å²) in [5.74, 6) is -1.20. The van der Waals surface area contributed by atoms with Gasteiger partial charge in [-0.1, -0.05) is 17.7 Å². The molecule has 1 aromatic rings. The summed E-state index contributed by atoms with van der Waals surface area (Å²) >= 11 is 5.63. The average molecular weight is 276 g/mol. The normalized spacial score (nSPS) is 14.1. The summed E-state index contributed by atoms with van der Waals surface area (Å²) < 4.78 is 17.4. The molecule has 0 amide bonds. The Labute approximate surface area is 110 Å². The van der Waals surface area contributed by atoms with Gasteiger partial charge in [-0.15, -0.1) is 0 Å². The van der Waals surface area contributed by atoms with Gasteiger partial charge in [-0.25, -0.2) is 9.18 Å². The first-order chi connectivity index (χ1) is 8.36. The third-order valence-corrected chi connectivity index (χ3v) is 2.70. The second-order valence-corrected chi connectivity index (χ2v) is 4.52. The molecule has 100 valence electrons. The van der Waals surface area contributed by atoms with Crippen molar-refractivity contribution in [3.8, 4) is 0 Å². The van der Waals surface area contributed by atoms with E-state index in [4.69, 9.17) is 11.6 Å². The lowest BCUT2D eigenvalue weighted by Gasteiger charge is -2.20. The van der Waals surface area contributed by atoms with E-state index in [1.54, 1.807) is 6.07 Å². The zero-order chi connectivity index (χ0) is 13.8. The summed E-state index contributed by atoms with van der Waals surface area (Å²) in [5, 5.41) is 12.6. The number of ether oxygens (including phenoxy) is 1. The maximum absolute atomic E-state index is 12.9. The van der Waals surface area contributed by atoms with E-state index >= 15 is 0 Å². The van der Waals surface area contributed by atoms with Gasteiger partial charge in [-0.3, -0.25) is 0 Å². The molecule has 0 aromatic heterocycles. The van der Waals surface area contributed by atoms with Crippen LogP contribution in [0, 0.1) is 5.82 Å². The lowest BCUT2D eigenvalue weighted by molar-refractivity contribution is -0.159. The van der Waals surface area contributed by atoms with Crippen molar-refractivity contribution >= 4 is 17.6 Å². The topological polar surface area (TPSA) is 58.6 Å². The van der Waals surface area contributed by atoms with Crippen molar-refractivity contribution in [1.29, 1.82) is 0 Å². The fourth-order valence-corrected chi connectivity index (χ4v) is 1.60. The maximum Gasteiger partial charge on any atom is 0.338 e. The minimum atomic E-state index is -1.60. The Morgan fingerprint density at radius 3 is 2.83 bits per heavy atom. The zero-order valence-corrected chi connectivity index (χ0v) is 10.9. The molecule has 0 saturated heterocycles. The molecule has 0 bridgehead atoms. The van der Waals surface area contributed by atoms with Crippen molar-refractivity contribution in [2.45, 2.75) is 19.1 Å². The smallest absolute Gasteiger partial charge is 0.338 e. The van der Waals surface area contributed by atoms with Crippen LogP contribution in [0.2, 0.25) is 5.02 Å². The number of rotatable bonds is 5. The lowest BCUT2D eigenvalue weighted by Crippen LogP contribution is -2.45. The molecule has 4 nitrogen and oxygen atoms in total. The minimum absolute atomic E-state index is 0.0225. The molecule has 1 atom stereocenters. The van der Waals surface area contributed by atoms with Crippen LogP contribution in [0.15, 0.2) is 18.2 Å². The number of nitrogens with one attached hydrogen (secondary N) is 1. The molecule has 0 heterocycles. The van der Waals surface area contributed by atoms with E-state index < -0.39 is 17.4 Å². The van der Waals surface area contributed by atoms with Gasteiger partial charge in [0.25, 0.3) is 0 Å². The fourth-order valence-electron chi connectivity index (χ4n) is 1.39. The molecule has 2 N–H and O–H groups in total. The van der Waals surface area contributed by atoms with E-state index in [0.29, 0.717) is 6.54 Å². The van der Waals surface area contributed by atoms with Crippen molar-refractivity contribution in [1.82, 2.24) is 5.32 Å². The van der Waals surface area contributed by atoms with Crippen LogP contribution in [0.5, 0.6) is 0 Å². The number of methoxy groups -OCH3 is 1. The summed E-state index contributed by atoms with van der Waals surface area (Å²) in [5.41, 5.74) is -0.847. The Balaban J connectivity index is 2.51. The molecule has 0 aliphatic rings. The highest BCUT2D eigenvalue weighted by Crippen LogP contribution is 2.16. The first kappa shape index (κ1) is 14.9. The lowest BCUT2D eigenvalue weighted by atomic mass is 10.1. The maximum atomic E-state index is 12.9. The van der Waals surface area contributed by atoms with Crippen molar-refractivity contribution < 1.29 is 19.0 Å². The Hall–Kier alpha value is -1.17. The van der Waals surface area contributed by atoms with E-state index in [0.717, 1.165) is 5.56 Å². The zero-order valence-electron chi connectivity index (χ0n) is 10.2. The van der Waals surface area contributed by atoms with Crippen LogP contribution in [0.1, 0.15) is 12.5 Å². The second kappa shape index (κ2) is 6.13. The van der Waals surface area contributed by atoms with Gasteiger partial charge in [-0.05, 0) is 24.6 Å². The number of benzene rings is 1. The summed E-state index contributed by atoms with van der Waals surface area (Å²) in [6, 6.07) is 4.32. The van der Waals surface area contributed by atoms with Gasteiger partial charge in [0.15, 0.2) is 5.60 Å². The Morgan fingerprint density at radius 2 is 2.28 bits per heavy atom. The van der Waals surface area contributed by atoms with Crippen molar-refractivity contribution in [2.75, 3.05) is 13.7 Å². The van der Waals surface area contributed by atoms with Gasteiger partial charge in [-0.2, -0.15) is 0 Å². The molecule has 18 heavy (non-hydrogen) atoms. The predicted octanol–water partition coefficient (Wildman–Crippen LogP) is 1.49. The van der Waals surface area contributed by atoms with Crippen LogP contribution < -0.4 is 5.32 Å². The van der Waals surface area contributed by atoms with Gasteiger partial charge in [0.2, 0.25) is 0 Å². The molecule has 0 radical (unpaired) electrons. The van der Waals surface area contributed by atoms with Crippen LogP contribution >= 0.6 is 11.6 Å². The number of aliphatic hydroxyl groups is 1. The van der Waals surface area contributed by atoms with Crippen LogP contribution in [0.25, 0.3) is 0 Å². The molecule has 6 heteroatoms. The quantitative estimate of drug-likeness (QED) is 0.800. The molecule has 1 unspecified atom stereocenters. The standard InChI is InChI=1S/C12H15ClFNO3/c1-12(17,11(16)18-2)7-15-6-8-3-4-10(14)9(13)5-8/h3-5,15,17H,6-7H2,1-2H3. The molecular formula is C12H15ClFNO3. The molecule has 0 aliphatic carbocycles. The van der Waals surface area contributed by atoms with Crippen LogP contribution in [-0.4, -0.2) is 30.3 Å². The largest absolute Gasteiger partial charge is 0.467 e. The third kappa shape index (κ3) is 3.94. The SMILES string of the molecule is COC(=O)C(C)(O)CNCc1ccc(F)c(Cl)c1. The molecule has 0 saturated carbocycles. The van der Waals surface area contributed by atoms with E-state index in [-0.39, 0.29) is 11.6 Å². The minimum Gasteiger partial charge on any atom is -0.467 e. The van der Waals surface area contributed by atoms with Gasteiger partial charge in [0.05, 0.1) is 12.1 Å². The molecule has 0 fully saturated rings. The van der Waals surface area contributed by atoms with E-state index in [2.05, 4.69) is 10.1 Å². The Bertz CT molecular complexity index is 437. The van der Waals surface area contributed by atoms with Crippen molar-refractivity contribution in [3.63, 3.8) is 0 Å². The van der Waals surface area contributed by atoms with Crippen LogP contribution in [0.4, 0.5) is 4.39 Å². The monoisotopic (exact) mass is 275 g/mol. The van der Waals surface area contributed by atoms with E-state index in [1.807, 2.05) is 0 Å². The molecule has 0 spiro atoms. The van der Waals surface area contributed by atoms with Crippen molar-refractivity contribution in [3.05, 3.63) is 34.6 Å². The van der Waals surface area contributed by atoms with E-state index in [1.165, 1.54) is 26.2 Å². The fraction of sp³-hybridized carbons (Fsp3) is 0.417. The highest BCUT2D eigenvalue weighted by atomic mass is 35.5. The Morgan fingerprint density at radius 1 is 1.61 bits per heavy atom. The number of carbonyl (C=O) groups excluding carboxylic acids is 1. The highest BCUT2D eigenvalue weighted by molar-refractivity contribution is 6.30. The number of hydrogen-bond donors (Lipinski definition) is 2. The highest BCUT2D eigenvalue weighted by Gasteiger charge is 2.30. The number of carbonyl (C=O) groups is 1. The summed E-state index contributed by atoms with van der Waals surface area (Å²) in [6.07, 6.45) is 0. The van der Waals surface area contributed by atoms with Crippen molar-refractivity contribution in [2.24, 2.45) is 0 Å². The summed E-state index contributed by atoms with van der Waals surface area (Å²) in [6.45, 7) is 1.73. The Kier molecular flexibility index (Phi) is 5.07. The molecule has 0 aliphatic heterocycles. The first-order valence-corrected chi connectivity index (χ1v) is 5.70. The average Bonchev–Trinajstić information content (AvgIpc) is 2.32. The van der Waals surface area contributed by atoms with Gasteiger partial charge in [0, 0.05) is 13.1 Å². The summed E-state index contributed by atoms with van der Waals surface area (Å²) in [7, 11) is 1.20.